The summed E-state index contributed by atoms with van der Waals surface area (Å²) in [4.78, 5) is 11.8. The van der Waals surface area contributed by atoms with Crippen LogP contribution in [-0.2, 0) is 0 Å². The minimum Gasteiger partial charge on any atom is -0.393 e. The molecular formula is C14H20N2O2. The Balaban J connectivity index is 1.87. The molecule has 1 saturated carbocycles. The van der Waals surface area contributed by atoms with Crippen LogP contribution in [0.2, 0.25) is 0 Å². The fraction of sp³-hybridized carbons (Fsp3) is 0.500. The maximum atomic E-state index is 11.8. The third kappa shape index (κ3) is 3.47. The first-order chi connectivity index (χ1) is 8.65. The fourth-order valence-corrected chi connectivity index (χ4v) is 2.35. The van der Waals surface area contributed by atoms with E-state index in [0.29, 0.717) is 6.42 Å². The van der Waals surface area contributed by atoms with Crippen LogP contribution in [0.1, 0.15) is 31.2 Å². The Morgan fingerprint density at radius 3 is 2.83 bits per heavy atom. The first kappa shape index (κ1) is 12.9. The zero-order chi connectivity index (χ0) is 13.0. The normalized spacial score (nSPS) is 23.4. The molecule has 1 fully saturated rings. The third-order valence-corrected chi connectivity index (χ3v) is 3.38. The summed E-state index contributed by atoms with van der Waals surface area (Å²) in [6.07, 6.45) is 3.13. The number of carbonyl (C=O) groups excluding carboxylic acids is 1. The largest absolute Gasteiger partial charge is 0.393 e. The topological polar surface area (TPSA) is 61.4 Å². The number of amides is 2. The number of aryl methyl sites for hydroxylation is 1. The van der Waals surface area contributed by atoms with Crippen LogP contribution in [0.25, 0.3) is 0 Å². The molecule has 98 valence electrons. The van der Waals surface area contributed by atoms with Gasteiger partial charge in [0.2, 0.25) is 0 Å². The summed E-state index contributed by atoms with van der Waals surface area (Å²) in [5, 5.41) is 15.3. The van der Waals surface area contributed by atoms with E-state index in [-0.39, 0.29) is 18.2 Å². The quantitative estimate of drug-likeness (QED) is 0.752. The summed E-state index contributed by atoms with van der Waals surface area (Å²) in [5.41, 5.74) is 1.86. The molecule has 0 spiro atoms. The molecule has 1 aromatic carbocycles. The van der Waals surface area contributed by atoms with Crippen molar-refractivity contribution in [3.63, 3.8) is 0 Å². The van der Waals surface area contributed by atoms with Crippen LogP contribution >= 0.6 is 0 Å². The number of para-hydroxylation sites is 1. The van der Waals surface area contributed by atoms with Crippen LogP contribution in [-0.4, -0.2) is 23.3 Å². The maximum Gasteiger partial charge on any atom is 0.319 e. The number of hydrogen-bond donors (Lipinski definition) is 3. The lowest BCUT2D eigenvalue weighted by atomic mass is 9.93. The maximum absolute atomic E-state index is 11.8. The molecule has 0 bridgehead atoms. The summed E-state index contributed by atoms with van der Waals surface area (Å²) in [6, 6.07) is 7.56. The standard InChI is InChI=1S/C14H20N2O2/c1-10-5-2-3-8-13(10)16-14(18)15-11-6-4-7-12(17)9-11/h2-3,5,8,11-12,17H,4,6-7,9H2,1H3,(H2,15,16,18). The van der Waals surface area contributed by atoms with Crippen molar-refractivity contribution in [2.45, 2.75) is 44.8 Å². The van der Waals surface area contributed by atoms with Gasteiger partial charge in [-0.1, -0.05) is 18.2 Å². The highest BCUT2D eigenvalue weighted by Gasteiger charge is 2.21. The van der Waals surface area contributed by atoms with E-state index in [1.54, 1.807) is 0 Å². The van der Waals surface area contributed by atoms with E-state index in [4.69, 9.17) is 0 Å². The molecule has 1 aliphatic carbocycles. The van der Waals surface area contributed by atoms with Crippen LogP contribution in [0, 0.1) is 6.92 Å². The Kier molecular flexibility index (Phi) is 4.20. The second kappa shape index (κ2) is 5.87. The SMILES string of the molecule is Cc1ccccc1NC(=O)NC1CCCC(O)C1. The van der Waals surface area contributed by atoms with Crippen LogP contribution in [0.4, 0.5) is 10.5 Å². The van der Waals surface area contributed by atoms with Crippen molar-refractivity contribution in [1.82, 2.24) is 5.32 Å². The number of aliphatic hydroxyl groups is 1. The van der Waals surface area contributed by atoms with E-state index in [2.05, 4.69) is 10.6 Å². The molecule has 2 unspecified atom stereocenters. The number of urea groups is 1. The molecule has 4 nitrogen and oxygen atoms in total. The molecule has 0 saturated heterocycles. The third-order valence-electron chi connectivity index (χ3n) is 3.38. The number of nitrogens with one attached hydrogen (secondary N) is 2. The number of aliphatic hydroxyl groups excluding tert-OH is 1. The first-order valence-electron chi connectivity index (χ1n) is 6.46. The molecule has 2 amide bonds. The van der Waals surface area contributed by atoms with Gasteiger partial charge in [-0.15, -0.1) is 0 Å². The van der Waals surface area contributed by atoms with E-state index in [1.165, 1.54) is 0 Å². The summed E-state index contributed by atoms with van der Waals surface area (Å²) in [6.45, 7) is 1.96. The molecule has 4 heteroatoms. The highest BCUT2D eigenvalue weighted by Crippen LogP contribution is 2.19. The molecule has 2 atom stereocenters. The van der Waals surface area contributed by atoms with E-state index < -0.39 is 0 Å². The van der Waals surface area contributed by atoms with Gasteiger partial charge in [0.15, 0.2) is 0 Å². The smallest absolute Gasteiger partial charge is 0.319 e. The van der Waals surface area contributed by atoms with Crippen molar-refractivity contribution in [3.8, 4) is 0 Å². The minimum absolute atomic E-state index is 0.0813. The highest BCUT2D eigenvalue weighted by atomic mass is 16.3. The monoisotopic (exact) mass is 248 g/mol. The molecular weight excluding hydrogens is 228 g/mol. The Hall–Kier alpha value is -1.55. The second-order valence-corrected chi connectivity index (χ2v) is 4.93. The molecule has 0 heterocycles. The van der Waals surface area contributed by atoms with Gasteiger partial charge in [0.1, 0.15) is 0 Å². The summed E-state index contributed by atoms with van der Waals surface area (Å²) in [5.74, 6) is 0. The highest BCUT2D eigenvalue weighted by molar-refractivity contribution is 5.90. The van der Waals surface area contributed by atoms with Crippen molar-refractivity contribution in [1.29, 1.82) is 0 Å². The van der Waals surface area contributed by atoms with Crippen molar-refractivity contribution in [3.05, 3.63) is 29.8 Å². The number of rotatable bonds is 2. The van der Waals surface area contributed by atoms with Crippen LogP contribution in [0.3, 0.4) is 0 Å². The molecule has 2 rings (SSSR count). The number of anilines is 1. The lowest BCUT2D eigenvalue weighted by molar-refractivity contribution is 0.114. The Morgan fingerprint density at radius 2 is 2.11 bits per heavy atom. The van der Waals surface area contributed by atoms with Gasteiger partial charge in [0.05, 0.1) is 6.10 Å². The molecule has 18 heavy (non-hydrogen) atoms. The van der Waals surface area contributed by atoms with Gasteiger partial charge >= 0.3 is 6.03 Å². The van der Waals surface area contributed by atoms with Gasteiger partial charge < -0.3 is 15.7 Å². The van der Waals surface area contributed by atoms with Crippen LogP contribution in [0.5, 0.6) is 0 Å². The van der Waals surface area contributed by atoms with E-state index in [0.717, 1.165) is 30.5 Å². The Bertz CT molecular complexity index is 420. The second-order valence-electron chi connectivity index (χ2n) is 4.93. The van der Waals surface area contributed by atoms with Crippen LogP contribution < -0.4 is 10.6 Å². The minimum atomic E-state index is -0.275. The van der Waals surface area contributed by atoms with Crippen molar-refractivity contribution >= 4 is 11.7 Å². The van der Waals surface area contributed by atoms with Gasteiger partial charge in [0, 0.05) is 11.7 Å². The number of hydrogen-bond acceptors (Lipinski definition) is 2. The lowest BCUT2D eigenvalue weighted by Gasteiger charge is -2.26. The van der Waals surface area contributed by atoms with Gasteiger partial charge in [-0.2, -0.15) is 0 Å². The predicted octanol–water partition coefficient (Wildman–Crippen LogP) is 2.42. The van der Waals surface area contributed by atoms with Gasteiger partial charge in [-0.25, -0.2) is 4.79 Å². The Morgan fingerprint density at radius 1 is 1.33 bits per heavy atom. The van der Waals surface area contributed by atoms with E-state index in [1.807, 2.05) is 31.2 Å². The van der Waals surface area contributed by atoms with E-state index in [9.17, 15) is 9.90 Å². The van der Waals surface area contributed by atoms with Crippen molar-refractivity contribution in [2.75, 3.05) is 5.32 Å². The first-order valence-corrected chi connectivity index (χ1v) is 6.46. The average molecular weight is 248 g/mol. The zero-order valence-electron chi connectivity index (χ0n) is 10.6. The van der Waals surface area contributed by atoms with Gasteiger partial charge in [0.25, 0.3) is 0 Å². The van der Waals surface area contributed by atoms with Crippen molar-refractivity contribution in [2.24, 2.45) is 0 Å². The van der Waals surface area contributed by atoms with Gasteiger partial charge in [-0.3, -0.25) is 0 Å². The summed E-state index contributed by atoms with van der Waals surface area (Å²) < 4.78 is 0. The summed E-state index contributed by atoms with van der Waals surface area (Å²) >= 11 is 0. The van der Waals surface area contributed by atoms with Crippen LogP contribution in [0.15, 0.2) is 24.3 Å². The zero-order valence-corrected chi connectivity index (χ0v) is 10.6. The number of carbonyl (C=O) groups is 1. The molecule has 1 aromatic rings. The molecule has 0 aliphatic heterocycles. The molecule has 0 radical (unpaired) electrons. The Labute approximate surface area is 107 Å². The predicted molar refractivity (Wildman–Crippen MR) is 71.6 cm³/mol. The van der Waals surface area contributed by atoms with Crippen molar-refractivity contribution < 1.29 is 9.90 Å². The van der Waals surface area contributed by atoms with E-state index >= 15 is 0 Å². The molecule has 3 N–H and O–H groups in total. The lowest BCUT2D eigenvalue weighted by Crippen LogP contribution is -2.41. The molecule has 0 aromatic heterocycles. The van der Waals surface area contributed by atoms with Gasteiger partial charge in [-0.05, 0) is 44.2 Å². The average Bonchev–Trinajstić information content (AvgIpc) is 2.32. The summed E-state index contributed by atoms with van der Waals surface area (Å²) in [7, 11) is 0. The number of benzene rings is 1. The fourth-order valence-electron chi connectivity index (χ4n) is 2.35. The molecule has 1 aliphatic rings.